The Bertz CT molecular complexity index is 453. The average molecular weight is 248 g/mol. The Morgan fingerprint density at radius 2 is 2.11 bits per heavy atom. The van der Waals surface area contributed by atoms with E-state index in [9.17, 15) is 9.18 Å². The van der Waals surface area contributed by atoms with Crippen molar-refractivity contribution in [1.82, 2.24) is 10.2 Å². The molecular weight excluding hydrogens is 231 g/mol. The maximum Gasteiger partial charge on any atom is 0.317 e. The van der Waals surface area contributed by atoms with Crippen molar-refractivity contribution in [1.29, 1.82) is 0 Å². The van der Waals surface area contributed by atoms with E-state index in [4.69, 9.17) is 0 Å². The fourth-order valence-electron chi connectivity index (χ4n) is 2.04. The van der Waals surface area contributed by atoms with Crippen molar-refractivity contribution in [3.63, 3.8) is 0 Å². The Hall–Kier alpha value is -1.84. The van der Waals surface area contributed by atoms with E-state index in [1.807, 2.05) is 13.0 Å². The fraction of sp³-hybridized carbons (Fsp3) is 0.357. The monoisotopic (exact) mass is 248 g/mol. The lowest BCUT2D eigenvalue weighted by Crippen LogP contribution is -2.41. The van der Waals surface area contributed by atoms with Gasteiger partial charge in [-0.3, -0.25) is 0 Å². The first kappa shape index (κ1) is 12.6. The maximum atomic E-state index is 12.8. The number of carbonyl (C=O) groups is 1. The third-order valence-corrected chi connectivity index (χ3v) is 3.04. The lowest BCUT2D eigenvalue weighted by atomic mass is 10.00. The molecule has 2 rings (SSSR count). The van der Waals surface area contributed by atoms with E-state index in [0.29, 0.717) is 19.6 Å². The molecule has 0 radical (unpaired) electrons. The van der Waals surface area contributed by atoms with E-state index in [0.717, 1.165) is 12.0 Å². The Balaban J connectivity index is 2.02. The summed E-state index contributed by atoms with van der Waals surface area (Å²) in [6.45, 7) is 3.86. The first-order valence-electron chi connectivity index (χ1n) is 6.18. The van der Waals surface area contributed by atoms with Crippen LogP contribution in [0.2, 0.25) is 0 Å². The van der Waals surface area contributed by atoms with Crippen LogP contribution in [0.3, 0.4) is 0 Å². The van der Waals surface area contributed by atoms with Crippen molar-refractivity contribution in [2.24, 2.45) is 0 Å². The number of carbonyl (C=O) groups excluding carboxylic acids is 1. The molecular formula is C14H17FN2O. The number of nitrogens with zero attached hydrogens (tertiary/aromatic N) is 1. The quantitative estimate of drug-likeness (QED) is 0.857. The van der Waals surface area contributed by atoms with Gasteiger partial charge in [-0.2, -0.15) is 0 Å². The van der Waals surface area contributed by atoms with Crippen LogP contribution in [0.4, 0.5) is 9.18 Å². The zero-order chi connectivity index (χ0) is 13.0. The van der Waals surface area contributed by atoms with Crippen LogP contribution in [-0.4, -0.2) is 30.6 Å². The van der Waals surface area contributed by atoms with Gasteiger partial charge in [-0.1, -0.05) is 18.2 Å². The SMILES string of the molecule is CCNC(=O)N1CC=C(c2ccc(F)cc2)CC1. The molecule has 18 heavy (non-hydrogen) atoms. The summed E-state index contributed by atoms with van der Waals surface area (Å²) in [5.41, 5.74) is 2.21. The van der Waals surface area contributed by atoms with Gasteiger partial charge >= 0.3 is 6.03 Å². The summed E-state index contributed by atoms with van der Waals surface area (Å²) in [4.78, 5) is 13.4. The molecule has 0 saturated heterocycles. The van der Waals surface area contributed by atoms with E-state index in [2.05, 4.69) is 5.32 Å². The summed E-state index contributed by atoms with van der Waals surface area (Å²) in [5.74, 6) is -0.223. The number of amides is 2. The molecule has 96 valence electrons. The second-order valence-corrected chi connectivity index (χ2v) is 4.27. The minimum absolute atomic E-state index is 0.0214. The number of rotatable bonds is 2. The summed E-state index contributed by atoms with van der Waals surface area (Å²) in [6.07, 6.45) is 2.84. The Kier molecular flexibility index (Phi) is 3.97. The molecule has 0 fully saturated rings. The van der Waals surface area contributed by atoms with Crippen molar-refractivity contribution in [3.8, 4) is 0 Å². The van der Waals surface area contributed by atoms with Gasteiger partial charge in [0.2, 0.25) is 0 Å². The minimum atomic E-state index is -0.223. The van der Waals surface area contributed by atoms with Crippen molar-refractivity contribution in [3.05, 3.63) is 41.7 Å². The number of nitrogens with one attached hydrogen (secondary N) is 1. The second kappa shape index (κ2) is 5.67. The molecule has 0 atom stereocenters. The summed E-state index contributed by atoms with van der Waals surface area (Å²) < 4.78 is 12.8. The molecule has 0 unspecified atom stereocenters. The first-order valence-corrected chi connectivity index (χ1v) is 6.18. The molecule has 2 amide bonds. The number of hydrogen-bond acceptors (Lipinski definition) is 1. The maximum absolute atomic E-state index is 12.8. The predicted octanol–water partition coefficient (Wildman–Crippen LogP) is 2.64. The molecule has 1 aromatic rings. The smallest absolute Gasteiger partial charge is 0.317 e. The van der Waals surface area contributed by atoms with Gasteiger partial charge in [0.1, 0.15) is 5.82 Å². The van der Waals surface area contributed by atoms with Crippen LogP contribution in [0.25, 0.3) is 5.57 Å². The second-order valence-electron chi connectivity index (χ2n) is 4.27. The summed E-state index contributed by atoms with van der Waals surface area (Å²) >= 11 is 0. The van der Waals surface area contributed by atoms with E-state index >= 15 is 0 Å². The molecule has 0 aromatic heterocycles. The zero-order valence-electron chi connectivity index (χ0n) is 10.4. The summed E-state index contributed by atoms with van der Waals surface area (Å²) in [7, 11) is 0. The van der Waals surface area contributed by atoms with Crippen LogP contribution in [0, 0.1) is 5.82 Å². The number of hydrogen-bond donors (Lipinski definition) is 1. The van der Waals surface area contributed by atoms with Gasteiger partial charge in [0.25, 0.3) is 0 Å². The van der Waals surface area contributed by atoms with Gasteiger partial charge in [-0.05, 0) is 36.6 Å². The topological polar surface area (TPSA) is 32.3 Å². The van der Waals surface area contributed by atoms with E-state index in [-0.39, 0.29) is 11.8 Å². The van der Waals surface area contributed by atoms with Crippen molar-refractivity contribution >= 4 is 11.6 Å². The van der Waals surface area contributed by atoms with Crippen molar-refractivity contribution in [2.45, 2.75) is 13.3 Å². The summed E-state index contributed by atoms with van der Waals surface area (Å²) in [6, 6.07) is 6.47. The van der Waals surface area contributed by atoms with Gasteiger partial charge in [-0.25, -0.2) is 9.18 Å². The summed E-state index contributed by atoms with van der Waals surface area (Å²) in [5, 5.41) is 2.79. The van der Waals surface area contributed by atoms with Crippen LogP contribution in [0.15, 0.2) is 30.3 Å². The average Bonchev–Trinajstić information content (AvgIpc) is 2.40. The van der Waals surface area contributed by atoms with Crippen LogP contribution < -0.4 is 5.32 Å². The Labute approximate surface area is 106 Å². The highest BCUT2D eigenvalue weighted by atomic mass is 19.1. The molecule has 1 heterocycles. The molecule has 1 aromatic carbocycles. The molecule has 1 aliphatic rings. The third-order valence-electron chi connectivity index (χ3n) is 3.04. The van der Waals surface area contributed by atoms with Crippen LogP contribution in [0.5, 0.6) is 0 Å². The molecule has 1 N–H and O–H groups in total. The van der Waals surface area contributed by atoms with E-state index in [1.165, 1.54) is 17.7 Å². The Morgan fingerprint density at radius 3 is 2.67 bits per heavy atom. The number of urea groups is 1. The third kappa shape index (κ3) is 2.88. The van der Waals surface area contributed by atoms with Gasteiger partial charge in [-0.15, -0.1) is 0 Å². The molecule has 0 spiro atoms. The molecule has 0 aliphatic carbocycles. The van der Waals surface area contributed by atoms with Gasteiger partial charge in [0, 0.05) is 19.6 Å². The number of benzene rings is 1. The normalized spacial score (nSPS) is 15.2. The van der Waals surface area contributed by atoms with E-state index in [1.54, 1.807) is 17.0 Å². The molecule has 4 heteroatoms. The number of halogens is 1. The Morgan fingerprint density at radius 1 is 1.39 bits per heavy atom. The van der Waals surface area contributed by atoms with Crippen molar-refractivity contribution in [2.75, 3.05) is 19.6 Å². The standard InChI is InChI=1S/C14H17FN2O/c1-2-16-14(18)17-9-7-12(8-10-17)11-3-5-13(15)6-4-11/h3-7H,2,8-10H2,1H3,(H,16,18). The minimum Gasteiger partial charge on any atom is -0.338 e. The van der Waals surface area contributed by atoms with Gasteiger partial charge in [0.15, 0.2) is 0 Å². The van der Waals surface area contributed by atoms with Crippen LogP contribution in [0.1, 0.15) is 18.9 Å². The van der Waals surface area contributed by atoms with E-state index < -0.39 is 0 Å². The van der Waals surface area contributed by atoms with Crippen LogP contribution >= 0.6 is 0 Å². The fourth-order valence-corrected chi connectivity index (χ4v) is 2.04. The van der Waals surface area contributed by atoms with Gasteiger partial charge < -0.3 is 10.2 Å². The van der Waals surface area contributed by atoms with Crippen LogP contribution in [-0.2, 0) is 0 Å². The zero-order valence-corrected chi connectivity index (χ0v) is 10.4. The van der Waals surface area contributed by atoms with Crippen molar-refractivity contribution < 1.29 is 9.18 Å². The molecule has 3 nitrogen and oxygen atoms in total. The molecule has 0 bridgehead atoms. The lowest BCUT2D eigenvalue weighted by molar-refractivity contribution is 0.203. The lowest BCUT2D eigenvalue weighted by Gasteiger charge is -2.26. The predicted molar refractivity (Wildman–Crippen MR) is 69.6 cm³/mol. The highest BCUT2D eigenvalue weighted by Gasteiger charge is 2.16. The molecule has 0 saturated carbocycles. The molecule has 1 aliphatic heterocycles. The first-order chi connectivity index (χ1) is 8.70. The highest BCUT2D eigenvalue weighted by Crippen LogP contribution is 2.22. The van der Waals surface area contributed by atoms with Gasteiger partial charge in [0.05, 0.1) is 0 Å². The largest absolute Gasteiger partial charge is 0.338 e. The highest BCUT2D eigenvalue weighted by molar-refractivity contribution is 5.76.